The maximum absolute atomic E-state index is 11.6. The molecule has 0 spiro atoms. The van der Waals surface area contributed by atoms with Crippen molar-refractivity contribution >= 4 is 11.6 Å². The third-order valence-corrected chi connectivity index (χ3v) is 3.50. The zero-order valence-electron chi connectivity index (χ0n) is 11.1. The number of primary amides is 1. The van der Waals surface area contributed by atoms with Crippen molar-refractivity contribution in [3.05, 3.63) is 36.4 Å². The summed E-state index contributed by atoms with van der Waals surface area (Å²) in [7, 11) is 1.63. The van der Waals surface area contributed by atoms with E-state index in [1.807, 2.05) is 24.3 Å². The van der Waals surface area contributed by atoms with E-state index in [4.69, 9.17) is 10.5 Å². The number of carbonyl (C=O) groups excluding carboxylic acids is 1. The molecule has 0 saturated heterocycles. The fourth-order valence-corrected chi connectivity index (χ4v) is 2.41. The topological polar surface area (TPSA) is 64.3 Å². The normalized spacial score (nSPS) is 19.7. The first kappa shape index (κ1) is 13.5. The van der Waals surface area contributed by atoms with Crippen LogP contribution in [0.15, 0.2) is 36.4 Å². The fourth-order valence-electron chi connectivity index (χ4n) is 2.41. The molecule has 1 aromatic carbocycles. The average molecular weight is 260 g/mol. The van der Waals surface area contributed by atoms with Crippen LogP contribution in [0, 0.1) is 5.92 Å². The van der Waals surface area contributed by atoms with Gasteiger partial charge in [-0.05, 0) is 49.4 Å². The summed E-state index contributed by atoms with van der Waals surface area (Å²) in [6.07, 6.45) is 7.19. The summed E-state index contributed by atoms with van der Waals surface area (Å²) in [4.78, 5) is 11.6. The van der Waals surface area contributed by atoms with Crippen LogP contribution in [-0.4, -0.2) is 19.1 Å². The lowest BCUT2D eigenvalue weighted by Crippen LogP contribution is -2.41. The van der Waals surface area contributed by atoms with Crippen LogP contribution in [0.5, 0.6) is 5.75 Å². The molecule has 1 amide bonds. The van der Waals surface area contributed by atoms with Gasteiger partial charge in [0.25, 0.3) is 0 Å². The molecule has 0 aliphatic heterocycles. The van der Waals surface area contributed by atoms with E-state index in [1.165, 1.54) is 0 Å². The Morgan fingerprint density at radius 1 is 1.37 bits per heavy atom. The summed E-state index contributed by atoms with van der Waals surface area (Å²) < 4.78 is 5.11. The number of anilines is 1. The van der Waals surface area contributed by atoms with Crippen LogP contribution in [0.4, 0.5) is 5.69 Å². The first-order valence-corrected chi connectivity index (χ1v) is 6.55. The molecule has 2 atom stereocenters. The molecule has 19 heavy (non-hydrogen) atoms. The second-order valence-corrected chi connectivity index (χ2v) is 4.80. The maximum Gasteiger partial charge on any atom is 0.240 e. The van der Waals surface area contributed by atoms with E-state index in [-0.39, 0.29) is 17.9 Å². The molecular formula is C15H20N2O2. The maximum atomic E-state index is 11.6. The van der Waals surface area contributed by atoms with Crippen molar-refractivity contribution in [3.63, 3.8) is 0 Å². The van der Waals surface area contributed by atoms with Crippen molar-refractivity contribution in [2.75, 3.05) is 12.4 Å². The van der Waals surface area contributed by atoms with Gasteiger partial charge in [-0.1, -0.05) is 12.2 Å². The van der Waals surface area contributed by atoms with Gasteiger partial charge >= 0.3 is 0 Å². The van der Waals surface area contributed by atoms with Crippen LogP contribution in [0.3, 0.4) is 0 Å². The van der Waals surface area contributed by atoms with Crippen molar-refractivity contribution in [2.45, 2.75) is 25.3 Å². The van der Waals surface area contributed by atoms with Crippen molar-refractivity contribution in [1.82, 2.24) is 0 Å². The third-order valence-electron chi connectivity index (χ3n) is 3.50. The Hall–Kier alpha value is -1.97. The molecule has 1 aromatic rings. The molecule has 3 N–H and O–H groups in total. The van der Waals surface area contributed by atoms with Crippen LogP contribution in [-0.2, 0) is 4.79 Å². The smallest absolute Gasteiger partial charge is 0.240 e. The second-order valence-electron chi connectivity index (χ2n) is 4.80. The largest absolute Gasteiger partial charge is 0.497 e. The predicted octanol–water partition coefficient (Wildman–Crippen LogP) is 2.32. The lowest BCUT2D eigenvalue weighted by molar-refractivity contribution is -0.119. The molecule has 0 heterocycles. The number of methoxy groups -OCH3 is 1. The number of carbonyl (C=O) groups is 1. The van der Waals surface area contributed by atoms with E-state index in [0.717, 1.165) is 30.7 Å². The molecule has 0 bridgehead atoms. The molecule has 4 heteroatoms. The Kier molecular flexibility index (Phi) is 4.44. The summed E-state index contributed by atoms with van der Waals surface area (Å²) in [6.45, 7) is 0. The van der Waals surface area contributed by atoms with Crippen LogP contribution in [0.1, 0.15) is 19.3 Å². The number of hydrogen-bond acceptors (Lipinski definition) is 3. The monoisotopic (exact) mass is 260 g/mol. The Balaban J connectivity index is 2.07. The molecule has 0 radical (unpaired) electrons. The average Bonchev–Trinajstić information content (AvgIpc) is 2.46. The van der Waals surface area contributed by atoms with E-state index in [1.54, 1.807) is 7.11 Å². The lowest BCUT2D eigenvalue weighted by atomic mass is 9.87. The van der Waals surface area contributed by atoms with Crippen molar-refractivity contribution in [1.29, 1.82) is 0 Å². The Morgan fingerprint density at radius 3 is 2.63 bits per heavy atom. The SMILES string of the molecule is COc1ccc(NC(C(N)=O)C2CC=CCC2)cc1. The minimum absolute atomic E-state index is 0.268. The van der Waals surface area contributed by atoms with Gasteiger partial charge < -0.3 is 15.8 Å². The van der Waals surface area contributed by atoms with Gasteiger partial charge in [-0.2, -0.15) is 0 Å². The van der Waals surface area contributed by atoms with Crippen LogP contribution in [0.2, 0.25) is 0 Å². The highest BCUT2D eigenvalue weighted by atomic mass is 16.5. The zero-order valence-corrected chi connectivity index (χ0v) is 11.1. The van der Waals surface area contributed by atoms with E-state index in [0.29, 0.717) is 0 Å². The standard InChI is InChI=1S/C15H20N2O2/c1-19-13-9-7-12(8-10-13)17-14(15(16)18)11-5-3-2-4-6-11/h2-3,7-11,14,17H,4-6H2,1H3,(H2,16,18). The van der Waals surface area contributed by atoms with Crippen molar-refractivity contribution < 1.29 is 9.53 Å². The molecule has 2 unspecified atom stereocenters. The summed E-state index contributed by atoms with van der Waals surface area (Å²) in [5.74, 6) is 0.766. The number of amides is 1. The first-order valence-electron chi connectivity index (χ1n) is 6.55. The molecule has 0 fully saturated rings. The zero-order chi connectivity index (χ0) is 13.7. The molecule has 0 aromatic heterocycles. The first-order chi connectivity index (χ1) is 9.20. The van der Waals surface area contributed by atoms with Gasteiger partial charge in [-0.15, -0.1) is 0 Å². The Bertz CT molecular complexity index is 454. The number of hydrogen-bond donors (Lipinski definition) is 2. The van der Waals surface area contributed by atoms with Gasteiger partial charge in [0.05, 0.1) is 7.11 Å². The summed E-state index contributed by atoms with van der Waals surface area (Å²) in [5.41, 5.74) is 6.41. The lowest BCUT2D eigenvalue weighted by Gasteiger charge is -2.27. The van der Waals surface area contributed by atoms with Gasteiger partial charge in [0.15, 0.2) is 0 Å². The van der Waals surface area contributed by atoms with Crippen LogP contribution < -0.4 is 15.8 Å². The number of allylic oxidation sites excluding steroid dienone is 2. The molecule has 1 aliphatic carbocycles. The van der Waals surface area contributed by atoms with Gasteiger partial charge in [0.2, 0.25) is 5.91 Å². The van der Waals surface area contributed by atoms with Gasteiger partial charge in [0.1, 0.15) is 11.8 Å². The second kappa shape index (κ2) is 6.27. The Labute approximate surface area is 113 Å². The minimum Gasteiger partial charge on any atom is -0.497 e. The number of rotatable bonds is 5. The highest BCUT2D eigenvalue weighted by molar-refractivity contribution is 5.83. The van der Waals surface area contributed by atoms with Crippen molar-refractivity contribution in [3.8, 4) is 5.75 Å². The summed E-state index contributed by atoms with van der Waals surface area (Å²) >= 11 is 0. The number of ether oxygens (including phenoxy) is 1. The van der Waals surface area contributed by atoms with E-state index < -0.39 is 0 Å². The number of nitrogens with one attached hydrogen (secondary N) is 1. The molecule has 102 valence electrons. The van der Waals surface area contributed by atoms with Gasteiger partial charge in [-0.3, -0.25) is 4.79 Å². The fraction of sp³-hybridized carbons (Fsp3) is 0.400. The quantitative estimate of drug-likeness (QED) is 0.798. The number of nitrogens with two attached hydrogens (primary N) is 1. The minimum atomic E-state index is -0.321. The highest BCUT2D eigenvalue weighted by Gasteiger charge is 2.26. The van der Waals surface area contributed by atoms with Crippen LogP contribution in [0.25, 0.3) is 0 Å². The van der Waals surface area contributed by atoms with E-state index in [9.17, 15) is 4.79 Å². The van der Waals surface area contributed by atoms with E-state index >= 15 is 0 Å². The van der Waals surface area contributed by atoms with Gasteiger partial charge in [0, 0.05) is 5.69 Å². The van der Waals surface area contributed by atoms with Gasteiger partial charge in [-0.25, -0.2) is 0 Å². The summed E-state index contributed by atoms with van der Waals surface area (Å²) in [5, 5.41) is 3.24. The number of benzene rings is 1. The van der Waals surface area contributed by atoms with E-state index in [2.05, 4.69) is 17.5 Å². The summed E-state index contributed by atoms with van der Waals surface area (Å²) in [6, 6.07) is 7.20. The Morgan fingerprint density at radius 2 is 2.11 bits per heavy atom. The molecule has 2 rings (SSSR count). The molecule has 0 saturated carbocycles. The van der Waals surface area contributed by atoms with Crippen LogP contribution >= 0.6 is 0 Å². The highest BCUT2D eigenvalue weighted by Crippen LogP contribution is 2.25. The third kappa shape index (κ3) is 3.50. The molecular weight excluding hydrogens is 240 g/mol. The predicted molar refractivity (Wildman–Crippen MR) is 76.1 cm³/mol. The van der Waals surface area contributed by atoms with Crippen molar-refractivity contribution in [2.24, 2.45) is 11.7 Å². The molecule has 1 aliphatic rings. The molecule has 4 nitrogen and oxygen atoms in total.